The summed E-state index contributed by atoms with van der Waals surface area (Å²) < 4.78 is 36.9. The normalized spacial score (nSPS) is 14.5. The summed E-state index contributed by atoms with van der Waals surface area (Å²) in [5, 5.41) is 19.9. The Morgan fingerprint density at radius 1 is 0.661 bits per heavy atom. The molecule has 0 aliphatic carbocycles. The third-order valence-corrected chi connectivity index (χ3v) is 12.4. The number of aromatic nitrogens is 4. The summed E-state index contributed by atoms with van der Waals surface area (Å²) in [5.74, 6) is -0.991. The number of carbonyl (C=O) groups is 2. The van der Waals surface area contributed by atoms with Crippen molar-refractivity contribution in [2.45, 2.75) is 25.3 Å². The molecule has 62 heavy (non-hydrogen) atoms. The van der Waals surface area contributed by atoms with Gasteiger partial charge in [-0.05, 0) is 12.1 Å². The number of thiazole rings is 2. The highest BCUT2D eigenvalue weighted by Crippen LogP contribution is 2.48. The fraction of sp³-hybridized carbons (Fsp3) is 0.250. The zero-order valence-corrected chi connectivity index (χ0v) is 36.9. The monoisotopic (exact) mass is 964 g/mol. The lowest BCUT2D eigenvalue weighted by molar-refractivity contribution is 0.0682. The largest absolute Gasteiger partial charge is 0.492 e. The molecule has 0 bridgehead atoms. The maximum absolute atomic E-state index is 12.4. The number of nitrogens with zero attached hydrogens (tertiary/aromatic N) is 4. The van der Waals surface area contributed by atoms with Crippen molar-refractivity contribution in [1.29, 1.82) is 0 Å². The van der Waals surface area contributed by atoms with Crippen LogP contribution in [0.1, 0.15) is 55.8 Å². The van der Waals surface area contributed by atoms with Crippen molar-refractivity contribution in [2.75, 3.05) is 40.6 Å². The first-order chi connectivity index (χ1) is 29.8. The minimum Gasteiger partial charge on any atom is -0.492 e. The lowest BCUT2D eigenvalue weighted by Crippen LogP contribution is -2.27. The molecular formula is C40H32Cl4N4O12S2. The van der Waals surface area contributed by atoms with Crippen LogP contribution < -0.4 is 29.8 Å². The van der Waals surface area contributed by atoms with E-state index in [2.05, 4.69) is 9.97 Å². The molecule has 16 nitrogen and oxygen atoms in total. The molecule has 0 spiro atoms. The van der Waals surface area contributed by atoms with Crippen LogP contribution in [0.3, 0.4) is 0 Å². The number of halogens is 4. The Morgan fingerprint density at radius 2 is 1.06 bits per heavy atom. The van der Waals surface area contributed by atoms with E-state index in [0.717, 1.165) is 0 Å². The minimum atomic E-state index is -1.34. The molecule has 2 aliphatic heterocycles. The summed E-state index contributed by atoms with van der Waals surface area (Å²) in [6.07, 6.45) is 2.21. The molecule has 2 N–H and O–H groups in total. The van der Waals surface area contributed by atoms with Crippen molar-refractivity contribution in [3.63, 3.8) is 0 Å². The number of hydrogen-bond donors (Lipinski definition) is 2. The first-order valence-corrected chi connectivity index (χ1v) is 21.5. The highest BCUT2D eigenvalue weighted by molar-refractivity contribution is 7.10. The molecule has 2 atom stereocenters. The fourth-order valence-corrected chi connectivity index (χ4v) is 8.92. The Labute approximate surface area is 379 Å². The van der Waals surface area contributed by atoms with E-state index in [1.165, 1.54) is 47.2 Å². The van der Waals surface area contributed by atoms with Gasteiger partial charge in [0.25, 0.3) is 0 Å². The van der Waals surface area contributed by atoms with Gasteiger partial charge in [0.1, 0.15) is 54.2 Å². The van der Waals surface area contributed by atoms with Crippen molar-refractivity contribution < 1.29 is 48.2 Å². The van der Waals surface area contributed by atoms with E-state index in [0.29, 0.717) is 105 Å². The Morgan fingerprint density at radius 3 is 1.40 bits per heavy atom. The third-order valence-electron chi connectivity index (χ3n) is 9.27. The van der Waals surface area contributed by atoms with Crippen molar-refractivity contribution >= 4 is 81.0 Å². The molecule has 4 aromatic heterocycles. The fourth-order valence-electron chi connectivity index (χ4n) is 6.41. The molecule has 324 valence electrons. The SMILES string of the molecule is COCCCOc1cc2c(cc1Cl)-c1cc(=O)c(C(=O)O)cn1[C@@H](c1scnc1Cl)O2.COCCCOc1cc2c(cc1Cl)-c1cc(=O)c(C(=O)O)cn1[C@H](c1scnc1Cl)O2. The van der Waals surface area contributed by atoms with E-state index < -0.39 is 35.3 Å². The highest BCUT2D eigenvalue weighted by Gasteiger charge is 2.34. The van der Waals surface area contributed by atoms with Crippen LogP contribution in [-0.4, -0.2) is 81.9 Å². The van der Waals surface area contributed by atoms with Crippen LogP contribution >= 0.6 is 69.1 Å². The first kappa shape index (κ1) is 44.9. The number of benzene rings is 2. The number of carboxylic acids is 2. The van der Waals surface area contributed by atoms with Crippen molar-refractivity contribution in [3.8, 4) is 45.5 Å². The summed E-state index contributed by atoms with van der Waals surface area (Å²) >= 11 is 27.8. The van der Waals surface area contributed by atoms with Gasteiger partial charge in [-0.3, -0.25) is 9.59 Å². The Balaban J connectivity index is 0.000000186. The minimum absolute atomic E-state index is 0.227. The Kier molecular flexibility index (Phi) is 14.1. The molecule has 6 aromatic rings. The van der Waals surface area contributed by atoms with Gasteiger partial charge in [-0.2, -0.15) is 0 Å². The smallest absolute Gasteiger partial charge is 0.341 e. The lowest BCUT2D eigenvalue weighted by Gasteiger charge is -2.31. The van der Waals surface area contributed by atoms with E-state index >= 15 is 0 Å². The molecule has 0 fully saturated rings. The van der Waals surface area contributed by atoms with Crippen molar-refractivity contribution in [3.05, 3.63) is 121 Å². The van der Waals surface area contributed by atoms with Crippen LogP contribution in [0.4, 0.5) is 0 Å². The topological polar surface area (TPSA) is 200 Å². The summed E-state index contributed by atoms with van der Waals surface area (Å²) in [6.45, 7) is 1.89. The van der Waals surface area contributed by atoms with Gasteiger partial charge in [-0.1, -0.05) is 46.4 Å². The standard InChI is InChI=1S/2C20H16Cl2N2O6S/c2*1-28-3-2-4-29-16-7-15-10(5-12(16)21)13-6-14(25)11(20(26)27)8-24(13)19(30-15)17-18(22)23-9-31-17/h2*5-9,19H,2-4H2,1H3,(H,26,27)/t2*19-/m10/s1. The number of methoxy groups -OCH3 is 2. The number of rotatable bonds is 14. The van der Waals surface area contributed by atoms with E-state index in [4.69, 9.17) is 74.8 Å². The number of carboxylic acid groups (broad SMARTS) is 2. The second-order valence-electron chi connectivity index (χ2n) is 13.2. The molecule has 6 heterocycles. The van der Waals surface area contributed by atoms with E-state index in [-0.39, 0.29) is 21.4 Å². The van der Waals surface area contributed by atoms with Crippen molar-refractivity contribution in [2.24, 2.45) is 0 Å². The molecule has 0 saturated carbocycles. The maximum atomic E-state index is 12.4. The van der Waals surface area contributed by atoms with Crippen LogP contribution in [-0.2, 0) is 9.47 Å². The van der Waals surface area contributed by atoms with Crippen LogP contribution in [0.15, 0.2) is 69.4 Å². The van der Waals surface area contributed by atoms with Gasteiger partial charge in [0.05, 0.1) is 45.7 Å². The number of hydrogen-bond acceptors (Lipinski definition) is 14. The van der Waals surface area contributed by atoms with Crippen LogP contribution in [0.25, 0.3) is 22.5 Å². The molecular weight excluding hydrogens is 934 g/mol. The lowest BCUT2D eigenvalue weighted by atomic mass is 10.1. The average molecular weight is 967 g/mol. The third kappa shape index (κ3) is 9.28. The molecule has 0 radical (unpaired) electrons. The van der Waals surface area contributed by atoms with E-state index in [1.54, 1.807) is 58.6 Å². The summed E-state index contributed by atoms with van der Waals surface area (Å²) in [7, 11) is 3.22. The zero-order chi connectivity index (χ0) is 44.2. The quantitative estimate of drug-likeness (QED) is 0.0983. The van der Waals surface area contributed by atoms with Gasteiger partial charge in [0, 0.05) is 88.1 Å². The number of aromatic carboxylic acids is 2. The number of fused-ring (bicyclic) bond motifs is 6. The number of pyridine rings is 2. The van der Waals surface area contributed by atoms with Gasteiger partial charge in [-0.15, -0.1) is 22.7 Å². The summed E-state index contributed by atoms with van der Waals surface area (Å²) in [5.41, 5.74) is 3.04. The average Bonchev–Trinajstić information content (AvgIpc) is 3.87. The zero-order valence-electron chi connectivity index (χ0n) is 32.3. The molecule has 2 aromatic carbocycles. The van der Waals surface area contributed by atoms with Crippen LogP contribution in [0.2, 0.25) is 20.4 Å². The second-order valence-corrected chi connectivity index (χ2v) is 16.5. The molecule has 0 amide bonds. The predicted molar refractivity (Wildman–Crippen MR) is 232 cm³/mol. The van der Waals surface area contributed by atoms with Gasteiger partial charge in [-0.25, -0.2) is 19.6 Å². The molecule has 2 aliphatic rings. The molecule has 0 unspecified atom stereocenters. The van der Waals surface area contributed by atoms with Gasteiger partial charge >= 0.3 is 11.9 Å². The second kappa shape index (κ2) is 19.5. The summed E-state index contributed by atoms with van der Waals surface area (Å²) in [4.78, 5) is 57.1. The first-order valence-electron chi connectivity index (χ1n) is 18.2. The predicted octanol–water partition coefficient (Wildman–Crippen LogP) is 8.66. The molecule has 8 rings (SSSR count). The number of ether oxygens (including phenoxy) is 6. The Bertz CT molecular complexity index is 2600. The van der Waals surface area contributed by atoms with Crippen LogP contribution in [0.5, 0.6) is 23.0 Å². The van der Waals surface area contributed by atoms with Gasteiger partial charge < -0.3 is 47.8 Å². The van der Waals surface area contributed by atoms with E-state index in [9.17, 15) is 29.4 Å². The highest BCUT2D eigenvalue weighted by atomic mass is 35.5. The van der Waals surface area contributed by atoms with E-state index in [1.807, 2.05) is 0 Å². The molecule has 22 heteroatoms. The molecule has 0 saturated heterocycles. The van der Waals surface area contributed by atoms with Gasteiger partial charge in [0.15, 0.2) is 10.9 Å². The summed E-state index contributed by atoms with van der Waals surface area (Å²) in [6, 6.07) is 9.04. The van der Waals surface area contributed by atoms with Crippen molar-refractivity contribution in [1.82, 2.24) is 19.1 Å². The Hall–Kier alpha value is -5.18. The van der Waals surface area contributed by atoms with Gasteiger partial charge in [0.2, 0.25) is 12.5 Å². The van der Waals surface area contributed by atoms with Crippen LogP contribution in [0, 0.1) is 0 Å². The maximum Gasteiger partial charge on any atom is 0.341 e.